The van der Waals surface area contributed by atoms with Crippen molar-refractivity contribution in [2.75, 3.05) is 6.61 Å². The Labute approximate surface area is 171 Å². The topological polar surface area (TPSA) is 99.6 Å². The molecule has 0 saturated carbocycles. The summed E-state index contributed by atoms with van der Waals surface area (Å²) in [7, 11) is 0. The number of nitrogens with two attached hydrogens (primary N) is 1. The first-order valence-corrected chi connectivity index (χ1v) is 9.79. The molecule has 2 N–H and O–H groups in total. The average molecular weight is 457 g/mol. The molecule has 9 heteroatoms. The monoisotopic (exact) mass is 456 g/mol. The zero-order valence-electron chi connectivity index (χ0n) is 14.3. The van der Waals surface area contributed by atoms with Gasteiger partial charge in [0.15, 0.2) is 12.4 Å². The molecule has 0 bridgehead atoms. The molecular formula is C19H13BrN4O3S. The highest BCUT2D eigenvalue weighted by atomic mass is 79.9. The van der Waals surface area contributed by atoms with E-state index < -0.39 is 5.91 Å². The molecule has 4 aromatic rings. The summed E-state index contributed by atoms with van der Waals surface area (Å²) in [6.45, 7) is -0.179. The zero-order chi connectivity index (χ0) is 19.7. The molecule has 0 unspecified atom stereocenters. The second kappa shape index (κ2) is 7.53. The molecule has 0 saturated heterocycles. The number of hydrogen-bond donors (Lipinski definition) is 1. The first kappa shape index (κ1) is 18.3. The fourth-order valence-electron chi connectivity index (χ4n) is 2.56. The summed E-state index contributed by atoms with van der Waals surface area (Å²) in [5, 5.41) is 4.35. The highest BCUT2D eigenvalue weighted by molar-refractivity contribution is 9.10. The number of primary amides is 1. The van der Waals surface area contributed by atoms with Gasteiger partial charge in [-0.25, -0.2) is 0 Å². The minimum Gasteiger partial charge on any atom is -0.484 e. The predicted octanol–water partition coefficient (Wildman–Crippen LogP) is 1.99. The van der Waals surface area contributed by atoms with Crippen LogP contribution in [0.15, 0.2) is 57.8 Å². The molecular weight excluding hydrogens is 444 g/mol. The Bertz CT molecular complexity index is 1280. The Hall–Kier alpha value is -3.04. The average Bonchev–Trinajstić information content (AvgIpc) is 3.21. The maximum Gasteiger partial charge on any atom is 0.291 e. The summed E-state index contributed by atoms with van der Waals surface area (Å²) < 4.78 is 7.93. The number of carbonyl (C=O) groups excluding carboxylic acids is 1. The molecule has 0 spiro atoms. The lowest BCUT2D eigenvalue weighted by Crippen LogP contribution is -2.23. The van der Waals surface area contributed by atoms with Crippen LogP contribution in [0.1, 0.15) is 5.56 Å². The maximum atomic E-state index is 12.7. The van der Waals surface area contributed by atoms with Crippen LogP contribution < -0.4 is 20.6 Å². The van der Waals surface area contributed by atoms with Gasteiger partial charge in [0.2, 0.25) is 4.96 Å². The number of ether oxygens (including phenoxy) is 1. The van der Waals surface area contributed by atoms with Gasteiger partial charge in [-0.2, -0.15) is 9.50 Å². The second-order valence-corrected chi connectivity index (χ2v) is 7.71. The first-order chi connectivity index (χ1) is 13.5. The molecule has 2 aromatic carbocycles. The lowest BCUT2D eigenvalue weighted by atomic mass is 10.2. The molecule has 0 aliphatic rings. The third kappa shape index (κ3) is 3.67. The van der Waals surface area contributed by atoms with Crippen molar-refractivity contribution in [3.8, 4) is 17.1 Å². The molecule has 0 radical (unpaired) electrons. The van der Waals surface area contributed by atoms with E-state index in [1.54, 1.807) is 30.3 Å². The molecule has 0 atom stereocenters. The number of fused-ring (bicyclic) bond motifs is 1. The molecule has 2 heterocycles. The van der Waals surface area contributed by atoms with Gasteiger partial charge in [-0.05, 0) is 35.9 Å². The minimum absolute atomic E-state index is 0.179. The number of benzene rings is 2. The Morgan fingerprint density at radius 3 is 2.64 bits per heavy atom. The van der Waals surface area contributed by atoms with Crippen molar-refractivity contribution < 1.29 is 9.53 Å². The van der Waals surface area contributed by atoms with E-state index in [4.69, 9.17) is 10.5 Å². The van der Waals surface area contributed by atoms with Gasteiger partial charge in [0.1, 0.15) is 5.75 Å². The van der Waals surface area contributed by atoms with Crippen LogP contribution in [0.2, 0.25) is 0 Å². The van der Waals surface area contributed by atoms with Crippen LogP contribution in [0, 0.1) is 0 Å². The molecule has 0 aliphatic heterocycles. The molecule has 1 amide bonds. The number of hydrogen-bond acceptors (Lipinski definition) is 6. The van der Waals surface area contributed by atoms with Gasteiger partial charge >= 0.3 is 0 Å². The van der Waals surface area contributed by atoms with Gasteiger partial charge in [0.05, 0.1) is 4.53 Å². The van der Waals surface area contributed by atoms with Gasteiger partial charge in [-0.15, -0.1) is 5.10 Å². The van der Waals surface area contributed by atoms with E-state index >= 15 is 0 Å². The van der Waals surface area contributed by atoms with Crippen LogP contribution in [0.25, 0.3) is 22.4 Å². The number of halogens is 1. The Morgan fingerprint density at radius 2 is 1.96 bits per heavy atom. The largest absolute Gasteiger partial charge is 0.484 e. The lowest BCUT2D eigenvalue weighted by Gasteiger charge is -2.03. The van der Waals surface area contributed by atoms with E-state index in [-0.39, 0.29) is 12.2 Å². The Morgan fingerprint density at radius 1 is 1.21 bits per heavy atom. The molecule has 0 fully saturated rings. The van der Waals surface area contributed by atoms with Crippen LogP contribution in [0.4, 0.5) is 0 Å². The van der Waals surface area contributed by atoms with Gasteiger partial charge in [0, 0.05) is 10.0 Å². The third-order valence-electron chi connectivity index (χ3n) is 3.86. The van der Waals surface area contributed by atoms with E-state index in [0.717, 1.165) is 15.6 Å². The lowest BCUT2D eigenvalue weighted by molar-refractivity contribution is -0.119. The summed E-state index contributed by atoms with van der Waals surface area (Å²) in [5.74, 6) is 0.486. The zero-order valence-corrected chi connectivity index (χ0v) is 16.7. The number of rotatable bonds is 5. The predicted molar refractivity (Wildman–Crippen MR) is 110 cm³/mol. The molecule has 28 heavy (non-hydrogen) atoms. The van der Waals surface area contributed by atoms with Crippen LogP contribution in [0.3, 0.4) is 0 Å². The van der Waals surface area contributed by atoms with E-state index in [1.165, 1.54) is 15.9 Å². The smallest absolute Gasteiger partial charge is 0.291 e. The summed E-state index contributed by atoms with van der Waals surface area (Å²) in [4.78, 5) is 28.4. The third-order valence-corrected chi connectivity index (χ3v) is 5.51. The SMILES string of the molecule is NC(=O)COc1ccc(/C=c2/sc3nc(-c4ccccc4Br)nn3c2=O)cc1. The number of thiazole rings is 1. The highest BCUT2D eigenvalue weighted by Crippen LogP contribution is 2.25. The van der Waals surface area contributed by atoms with E-state index in [0.29, 0.717) is 21.1 Å². The number of amides is 1. The second-order valence-electron chi connectivity index (χ2n) is 5.85. The van der Waals surface area contributed by atoms with E-state index in [9.17, 15) is 9.59 Å². The molecule has 7 nitrogen and oxygen atoms in total. The van der Waals surface area contributed by atoms with Gasteiger partial charge in [-0.3, -0.25) is 9.59 Å². The fraction of sp³-hybridized carbons (Fsp3) is 0.0526. The van der Waals surface area contributed by atoms with Crippen LogP contribution in [-0.4, -0.2) is 27.1 Å². The van der Waals surface area contributed by atoms with Gasteiger partial charge < -0.3 is 10.5 Å². The van der Waals surface area contributed by atoms with Gasteiger partial charge in [-0.1, -0.05) is 51.5 Å². The molecule has 140 valence electrons. The molecule has 4 rings (SSSR count). The van der Waals surface area contributed by atoms with Crippen molar-refractivity contribution in [3.05, 3.63) is 73.5 Å². The van der Waals surface area contributed by atoms with Crippen LogP contribution >= 0.6 is 27.3 Å². The van der Waals surface area contributed by atoms with Gasteiger partial charge in [0.25, 0.3) is 11.5 Å². The van der Waals surface area contributed by atoms with Crippen molar-refractivity contribution in [3.63, 3.8) is 0 Å². The minimum atomic E-state index is -0.539. The number of carbonyl (C=O) groups is 1. The summed E-state index contributed by atoms with van der Waals surface area (Å²) in [6, 6.07) is 14.6. The Balaban J connectivity index is 1.65. The number of nitrogens with zero attached hydrogens (tertiary/aromatic N) is 3. The Kier molecular flexibility index (Phi) is 4.93. The van der Waals surface area contributed by atoms with E-state index in [1.807, 2.05) is 24.3 Å². The van der Waals surface area contributed by atoms with Crippen LogP contribution in [-0.2, 0) is 4.79 Å². The maximum absolute atomic E-state index is 12.7. The van der Waals surface area contributed by atoms with Crippen molar-refractivity contribution >= 4 is 44.2 Å². The molecule has 0 aliphatic carbocycles. The standard InChI is InChI=1S/C19H13BrN4O3S/c20-14-4-2-1-3-13(14)17-22-19-24(23-17)18(26)15(28-19)9-11-5-7-12(8-6-11)27-10-16(21)25/h1-9H,10H2,(H2,21,25)/b15-9+. The van der Waals surface area contributed by atoms with E-state index in [2.05, 4.69) is 26.0 Å². The number of aromatic nitrogens is 3. The van der Waals surface area contributed by atoms with Crippen molar-refractivity contribution in [1.82, 2.24) is 14.6 Å². The fourth-order valence-corrected chi connectivity index (χ4v) is 3.93. The van der Waals surface area contributed by atoms with Crippen molar-refractivity contribution in [1.29, 1.82) is 0 Å². The first-order valence-electron chi connectivity index (χ1n) is 8.18. The van der Waals surface area contributed by atoms with Crippen molar-refractivity contribution in [2.24, 2.45) is 5.73 Å². The highest BCUT2D eigenvalue weighted by Gasteiger charge is 2.13. The normalized spacial score (nSPS) is 11.8. The quantitative estimate of drug-likeness (QED) is 0.494. The van der Waals surface area contributed by atoms with Crippen molar-refractivity contribution in [2.45, 2.75) is 0 Å². The van der Waals surface area contributed by atoms with Crippen LogP contribution in [0.5, 0.6) is 5.75 Å². The summed E-state index contributed by atoms with van der Waals surface area (Å²) in [5.41, 5.74) is 6.48. The molecule has 2 aromatic heterocycles. The summed E-state index contributed by atoms with van der Waals surface area (Å²) in [6.07, 6.45) is 1.76. The summed E-state index contributed by atoms with van der Waals surface area (Å²) >= 11 is 4.75.